The highest BCUT2D eigenvalue weighted by Gasteiger charge is 2.23. The lowest BCUT2D eigenvalue weighted by molar-refractivity contribution is -0.121. The molecule has 1 N–H and O–H groups in total. The van der Waals surface area contributed by atoms with E-state index in [1.807, 2.05) is 30.3 Å². The molecule has 1 aliphatic heterocycles. The highest BCUT2D eigenvalue weighted by Crippen LogP contribution is 2.26. The zero-order valence-electron chi connectivity index (χ0n) is 15.5. The van der Waals surface area contributed by atoms with Crippen molar-refractivity contribution in [1.29, 1.82) is 0 Å². The molecule has 1 saturated heterocycles. The molecule has 1 amide bonds. The predicted octanol–water partition coefficient (Wildman–Crippen LogP) is 3.80. The first-order chi connectivity index (χ1) is 12.7. The summed E-state index contributed by atoms with van der Waals surface area (Å²) in [5, 5.41) is 3.09. The second kappa shape index (κ2) is 9.27. The molecular formula is C22H28N2O2. The number of hydrogen-bond donors (Lipinski definition) is 1. The van der Waals surface area contributed by atoms with Crippen molar-refractivity contribution >= 4 is 11.6 Å². The molecule has 1 fully saturated rings. The summed E-state index contributed by atoms with van der Waals surface area (Å²) in [6.07, 6.45) is 2.38. The van der Waals surface area contributed by atoms with E-state index in [9.17, 15) is 4.79 Å². The smallest absolute Gasteiger partial charge is 0.220 e. The van der Waals surface area contributed by atoms with Gasteiger partial charge in [0.1, 0.15) is 5.75 Å². The lowest BCUT2D eigenvalue weighted by Gasteiger charge is -2.21. The third-order valence-corrected chi connectivity index (χ3v) is 4.89. The van der Waals surface area contributed by atoms with E-state index in [0.29, 0.717) is 18.9 Å². The molecule has 0 spiro atoms. The summed E-state index contributed by atoms with van der Waals surface area (Å²) in [7, 11) is 0. The molecule has 3 rings (SSSR count). The van der Waals surface area contributed by atoms with Crippen LogP contribution in [0.5, 0.6) is 5.75 Å². The Balaban J connectivity index is 1.32. The molecule has 0 unspecified atom stereocenters. The predicted molar refractivity (Wildman–Crippen MR) is 106 cm³/mol. The third-order valence-electron chi connectivity index (χ3n) is 4.89. The van der Waals surface area contributed by atoms with Crippen molar-refractivity contribution in [2.24, 2.45) is 5.92 Å². The van der Waals surface area contributed by atoms with Gasteiger partial charge in [0.25, 0.3) is 0 Å². The zero-order chi connectivity index (χ0) is 18.2. The molecular weight excluding hydrogens is 324 g/mol. The Morgan fingerprint density at radius 3 is 2.73 bits per heavy atom. The molecule has 0 saturated carbocycles. The van der Waals surface area contributed by atoms with Crippen LogP contribution in [-0.4, -0.2) is 32.1 Å². The fourth-order valence-corrected chi connectivity index (χ4v) is 3.42. The van der Waals surface area contributed by atoms with Crippen molar-refractivity contribution in [3.63, 3.8) is 0 Å². The number of aryl methyl sites for hydroxylation is 1. The van der Waals surface area contributed by atoms with Gasteiger partial charge < -0.3 is 15.0 Å². The van der Waals surface area contributed by atoms with Gasteiger partial charge in [0.15, 0.2) is 0 Å². The number of nitrogens with zero attached hydrogens (tertiary/aromatic N) is 1. The van der Waals surface area contributed by atoms with Crippen LogP contribution in [0.15, 0.2) is 54.6 Å². The van der Waals surface area contributed by atoms with Crippen LogP contribution in [0.1, 0.15) is 24.8 Å². The molecule has 1 heterocycles. The number of nitrogens with one attached hydrogen (secondary N) is 1. The molecule has 2 aromatic rings. The van der Waals surface area contributed by atoms with Gasteiger partial charge in [-0.2, -0.15) is 0 Å². The van der Waals surface area contributed by atoms with Gasteiger partial charge >= 0.3 is 0 Å². The maximum Gasteiger partial charge on any atom is 0.220 e. The van der Waals surface area contributed by atoms with E-state index < -0.39 is 0 Å². The van der Waals surface area contributed by atoms with Gasteiger partial charge in [0.05, 0.1) is 6.61 Å². The third kappa shape index (κ3) is 5.25. The van der Waals surface area contributed by atoms with Crippen molar-refractivity contribution < 1.29 is 9.53 Å². The Morgan fingerprint density at radius 1 is 1.15 bits per heavy atom. The lowest BCUT2D eigenvalue weighted by Crippen LogP contribution is -2.31. The average molecular weight is 352 g/mol. The molecule has 138 valence electrons. The van der Waals surface area contributed by atoms with E-state index in [1.54, 1.807) is 0 Å². The highest BCUT2D eigenvalue weighted by atomic mass is 16.5. The first-order valence-corrected chi connectivity index (χ1v) is 9.47. The maximum atomic E-state index is 12.0. The zero-order valence-corrected chi connectivity index (χ0v) is 15.5. The Kier molecular flexibility index (Phi) is 6.53. The molecule has 0 aromatic heterocycles. The quantitative estimate of drug-likeness (QED) is 0.735. The molecule has 4 heteroatoms. The van der Waals surface area contributed by atoms with Crippen LogP contribution < -0.4 is 15.0 Å². The summed E-state index contributed by atoms with van der Waals surface area (Å²) in [5.41, 5.74) is 2.63. The molecule has 1 aliphatic rings. The monoisotopic (exact) mass is 352 g/mol. The number of hydrogen-bond acceptors (Lipinski definition) is 3. The number of para-hydroxylation sites is 2. The van der Waals surface area contributed by atoms with Gasteiger partial charge in [0.2, 0.25) is 5.91 Å². The first-order valence-electron chi connectivity index (χ1n) is 9.47. The molecule has 0 aliphatic carbocycles. The summed E-state index contributed by atoms with van der Waals surface area (Å²) in [4.78, 5) is 14.5. The van der Waals surface area contributed by atoms with E-state index in [4.69, 9.17) is 4.74 Å². The summed E-state index contributed by atoms with van der Waals surface area (Å²) < 4.78 is 5.62. The van der Waals surface area contributed by atoms with Gasteiger partial charge in [-0.1, -0.05) is 36.4 Å². The second-order valence-electron chi connectivity index (χ2n) is 6.96. The number of carbonyl (C=O) groups excluding carboxylic acids is 1. The number of rotatable bonds is 8. The van der Waals surface area contributed by atoms with Gasteiger partial charge in [-0.3, -0.25) is 4.79 Å². The standard InChI is InChI=1S/C22H28N2O2/c1-18-8-5-6-11-21(18)24-14-13-19(17-24)16-23-22(25)12-7-15-26-20-9-3-2-4-10-20/h2-6,8-11,19H,7,12-17H2,1H3,(H,23,25)/t19-/m0/s1. The van der Waals surface area contributed by atoms with Gasteiger partial charge in [-0.15, -0.1) is 0 Å². The number of ether oxygens (including phenoxy) is 1. The lowest BCUT2D eigenvalue weighted by atomic mass is 10.1. The van der Waals surface area contributed by atoms with Gasteiger partial charge in [-0.25, -0.2) is 0 Å². The maximum absolute atomic E-state index is 12.0. The first kappa shape index (κ1) is 18.3. The Labute approximate surface area is 156 Å². The van der Waals surface area contributed by atoms with E-state index in [1.165, 1.54) is 11.3 Å². The van der Waals surface area contributed by atoms with Crippen molar-refractivity contribution in [2.45, 2.75) is 26.2 Å². The average Bonchev–Trinajstić information content (AvgIpc) is 3.13. The minimum absolute atomic E-state index is 0.121. The van der Waals surface area contributed by atoms with E-state index in [-0.39, 0.29) is 5.91 Å². The summed E-state index contributed by atoms with van der Waals surface area (Å²) in [6.45, 7) is 5.57. The van der Waals surface area contributed by atoms with E-state index in [2.05, 4.69) is 41.4 Å². The van der Waals surface area contributed by atoms with Crippen LogP contribution in [0.3, 0.4) is 0 Å². The molecule has 0 radical (unpaired) electrons. The van der Waals surface area contributed by atoms with Crippen LogP contribution in [0.25, 0.3) is 0 Å². The summed E-state index contributed by atoms with van der Waals surface area (Å²) in [5.74, 6) is 1.50. The van der Waals surface area contributed by atoms with Crippen molar-refractivity contribution in [3.8, 4) is 5.75 Å². The Bertz CT molecular complexity index is 702. The normalized spacial score (nSPS) is 16.5. The van der Waals surface area contributed by atoms with Crippen molar-refractivity contribution in [1.82, 2.24) is 5.32 Å². The number of benzene rings is 2. The van der Waals surface area contributed by atoms with Gasteiger partial charge in [0, 0.05) is 31.7 Å². The molecule has 26 heavy (non-hydrogen) atoms. The molecule has 4 nitrogen and oxygen atoms in total. The Hall–Kier alpha value is -2.49. The SMILES string of the molecule is Cc1ccccc1N1CC[C@@H](CNC(=O)CCCOc2ccccc2)C1. The van der Waals surface area contributed by atoms with Gasteiger partial charge in [-0.05, 0) is 49.4 Å². The van der Waals surface area contributed by atoms with Crippen LogP contribution in [0, 0.1) is 12.8 Å². The van der Waals surface area contributed by atoms with E-state index in [0.717, 1.165) is 38.2 Å². The van der Waals surface area contributed by atoms with E-state index >= 15 is 0 Å². The molecule has 2 aromatic carbocycles. The van der Waals surface area contributed by atoms with Crippen molar-refractivity contribution in [2.75, 3.05) is 31.1 Å². The molecule has 0 bridgehead atoms. The second-order valence-corrected chi connectivity index (χ2v) is 6.96. The number of carbonyl (C=O) groups is 1. The van der Waals surface area contributed by atoms with Crippen LogP contribution in [0.4, 0.5) is 5.69 Å². The fraction of sp³-hybridized carbons (Fsp3) is 0.409. The fourth-order valence-electron chi connectivity index (χ4n) is 3.42. The van der Waals surface area contributed by atoms with Crippen LogP contribution in [0.2, 0.25) is 0 Å². The summed E-state index contributed by atoms with van der Waals surface area (Å²) in [6, 6.07) is 18.2. The van der Waals surface area contributed by atoms with Crippen molar-refractivity contribution in [3.05, 3.63) is 60.2 Å². The number of amides is 1. The van der Waals surface area contributed by atoms with Crippen LogP contribution in [-0.2, 0) is 4.79 Å². The Morgan fingerprint density at radius 2 is 1.92 bits per heavy atom. The topological polar surface area (TPSA) is 41.6 Å². The minimum Gasteiger partial charge on any atom is -0.494 e. The van der Waals surface area contributed by atoms with Crippen LogP contribution >= 0.6 is 0 Å². The number of anilines is 1. The minimum atomic E-state index is 0.121. The summed E-state index contributed by atoms with van der Waals surface area (Å²) >= 11 is 0. The molecule has 1 atom stereocenters. The highest BCUT2D eigenvalue weighted by molar-refractivity contribution is 5.75. The largest absolute Gasteiger partial charge is 0.494 e.